The summed E-state index contributed by atoms with van der Waals surface area (Å²) in [4.78, 5) is 0. The second-order valence-corrected chi connectivity index (χ2v) is 8.83. The van der Waals surface area contributed by atoms with Crippen molar-refractivity contribution in [2.45, 2.75) is 41.5 Å². The van der Waals surface area contributed by atoms with E-state index in [2.05, 4.69) is 120 Å². The van der Waals surface area contributed by atoms with Gasteiger partial charge in [-0.2, -0.15) is 0 Å². The summed E-state index contributed by atoms with van der Waals surface area (Å²) in [5.41, 5.74) is 9.92. The van der Waals surface area contributed by atoms with E-state index in [1.807, 2.05) is 0 Å². The summed E-state index contributed by atoms with van der Waals surface area (Å²) < 4.78 is 6.41. The summed E-state index contributed by atoms with van der Waals surface area (Å²) >= 11 is 4.80. The zero-order valence-corrected chi connectivity index (χ0v) is 22.3. The normalized spacial score (nSPS) is 10.8. The van der Waals surface area contributed by atoms with Gasteiger partial charge in [0.15, 0.2) is 11.4 Å². The van der Waals surface area contributed by atoms with Gasteiger partial charge in [0.25, 0.3) is 0 Å². The standard InChI is InChI=1S/C20H22I2N3.HI/c1-11-7-13(3)17(14(4)8-11)24-19(21)20(22)25(23-24)18-15(5)9-12(2)10-16(18)6;/h7-10H,1-6H3;1H/q+1;/p-1. The Kier molecular flexibility index (Phi) is 7.14. The lowest BCUT2D eigenvalue weighted by Gasteiger charge is -2.07. The maximum Gasteiger partial charge on any atom is 0.247 e. The molecule has 6 heteroatoms. The van der Waals surface area contributed by atoms with Crippen LogP contribution < -0.4 is 28.7 Å². The highest BCUT2D eigenvalue weighted by Gasteiger charge is 2.28. The van der Waals surface area contributed by atoms with Crippen LogP contribution in [0.15, 0.2) is 24.3 Å². The lowest BCUT2D eigenvalue weighted by atomic mass is 10.1. The molecular formula is C20H22I3N3. The number of rotatable bonds is 2. The molecule has 0 atom stereocenters. The zero-order chi connectivity index (χ0) is 18.5. The van der Waals surface area contributed by atoms with Gasteiger partial charge in [-0.25, -0.2) is 0 Å². The van der Waals surface area contributed by atoms with Gasteiger partial charge in [-0.3, -0.25) is 0 Å². The van der Waals surface area contributed by atoms with Gasteiger partial charge in [-0.1, -0.05) is 44.8 Å². The molecule has 2 aromatic carbocycles. The average Bonchev–Trinajstić information content (AvgIpc) is 2.74. The number of aromatic nitrogens is 3. The SMILES string of the molecule is Cc1cc(C)c(-n2n[n+](-c3c(C)cc(C)cc3C)c(I)c2I)c(C)c1.[I-]. The first-order valence-corrected chi connectivity index (χ1v) is 10.4. The topological polar surface area (TPSA) is 21.7 Å². The van der Waals surface area contributed by atoms with Crippen molar-refractivity contribution < 1.29 is 28.7 Å². The number of halogens is 3. The van der Waals surface area contributed by atoms with Crippen LogP contribution in [-0.4, -0.2) is 9.90 Å². The van der Waals surface area contributed by atoms with E-state index in [4.69, 9.17) is 5.21 Å². The third kappa shape index (κ3) is 3.96. The highest BCUT2D eigenvalue weighted by Crippen LogP contribution is 2.25. The third-order valence-electron chi connectivity index (χ3n) is 4.42. The number of aryl methyl sites for hydroxylation is 6. The van der Waals surface area contributed by atoms with Crippen molar-refractivity contribution in [2.24, 2.45) is 0 Å². The molecule has 0 saturated carbocycles. The molecule has 138 valence electrons. The summed E-state index contributed by atoms with van der Waals surface area (Å²) in [6.07, 6.45) is 0. The van der Waals surface area contributed by atoms with Crippen LogP contribution in [0.4, 0.5) is 0 Å². The summed E-state index contributed by atoms with van der Waals surface area (Å²) in [6, 6.07) is 8.89. The molecule has 26 heavy (non-hydrogen) atoms. The van der Waals surface area contributed by atoms with Gasteiger partial charge in [-0.05, 0) is 63.8 Å². The lowest BCUT2D eigenvalue weighted by Crippen LogP contribution is -3.00. The first-order chi connectivity index (χ1) is 11.7. The van der Waals surface area contributed by atoms with Crippen LogP contribution in [0.25, 0.3) is 11.4 Å². The molecule has 0 aliphatic rings. The first kappa shape index (κ1) is 22.1. The van der Waals surface area contributed by atoms with Gasteiger partial charge in [0.2, 0.25) is 7.40 Å². The molecule has 3 aromatic rings. The van der Waals surface area contributed by atoms with E-state index in [0.29, 0.717) is 0 Å². The van der Waals surface area contributed by atoms with E-state index in [0.717, 1.165) is 7.40 Å². The Morgan fingerprint density at radius 2 is 1.19 bits per heavy atom. The Morgan fingerprint density at radius 1 is 0.769 bits per heavy atom. The van der Waals surface area contributed by atoms with Crippen molar-refractivity contribution in [2.75, 3.05) is 0 Å². The highest BCUT2D eigenvalue weighted by molar-refractivity contribution is 14.1. The molecule has 0 amide bonds. The zero-order valence-electron chi connectivity index (χ0n) is 15.8. The maximum atomic E-state index is 4.97. The van der Waals surface area contributed by atoms with Gasteiger partial charge in [0.1, 0.15) is 5.21 Å². The second-order valence-electron chi connectivity index (χ2n) is 6.79. The van der Waals surface area contributed by atoms with E-state index in [9.17, 15) is 0 Å². The van der Waals surface area contributed by atoms with E-state index in [1.165, 1.54) is 44.8 Å². The summed E-state index contributed by atoms with van der Waals surface area (Å²) in [5, 5.41) is 4.97. The molecular weight excluding hydrogens is 663 g/mol. The van der Waals surface area contributed by atoms with Crippen molar-refractivity contribution in [3.8, 4) is 11.4 Å². The van der Waals surface area contributed by atoms with E-state index in [-0.39, 0.29) is 24.0 Å². The Hall–Kier alpha value is -0.230. The molecule has 0 fully saturated rings. The monoisotopic (exact) mass is 685 g/mol. The fraction of sp³-hybridized carbons (Fsp3) is 0.300. The molecule has 3 rings (SSSR count). The first-order valence-electron chi connectivity index (χ1n) is 8.23. The van der Waals surface area contributed by atoms with Gasteiger partial charge >= 0.3 is 0 Å². The number of hydrogen-bond acceptors (Lipinski definition) is 1. The Labute approximate surface area is 199 Å². The quantitative estimate of drug-likeness (QED) is 0.300. The van der Waals surface area contributed by atoms with Crippen molar-refractivity contribution in [3.63, 3.8) is 0 Å². The third-order valence-corrected chi connectivity index (χ3v) is 7.38. The largest absolute Gasteiger partial charge is 1.00 e. The minimum atomic E-state index is 0. The van der Waals surface area contributed by atoms with Crippen molar-refractivity contribution in [1.29, 1.82) is 0 Å². The highest BCUT2D eigenvalue weighted by atomic mass is 127. The van der Waals surface area contributed by atoms with E-state index < -0.39 is 0 Å². The minimum absolute atomic E-state index is 0. The van der Waals surface area contributed by atoms with E-state index >= 15 is 0 Å². The summed E-state index contributed by atoms with van der Waals surface area (Å²) in [5.74, 6) is 0. The molecule has 0 aliphatic heterocycles. The van der Waals surface area contributed by atoms with Gasteiger partial charge < -0.3 is 24.0 Å². The molecule has 0 bridgehead atoms. The van der Waals surface area contributed by atoms with Crippen molar-refractivity contribution in [1.82, 2.24) is 9.90 Å². The van der Waals surface area contributed by atoms with E-state index in [1.54, 1.807) is 0 Å². The lowest BCUT2D eigenvalue weighted by molar-refractivity contribution is -0.674. The predicted octanol–water partition coefficient (Wildman–Crippen LogP) is 2.21. The van der Waals surface area contributed by atoms with Gasteiger partial charge in [0.05, 0.1) is 0 Å². The molecule has 0 spiro atoms. The predicted molar refractivity (Wildman–Crippen MR) is 119 cm³/mol. The Bertz CT molecular complexity index is 866. The van der Waals surface area contributed by atoms with Crippen molar-refractivity contribution in [3.05, 3.63) is 65.0 Å². The Morgan fingerprint density at radius 3 is 1.65 bits per heavy atom. The maximum absolute atomic E-state index is 4.97. The fourth-order valence-corrected chi connectivity index (χ4v) is 4.77. The molecule has 0 unspecified atom stereocenters. The molecule has 0 radical (unpaired) electrons. The van der Waals surface area contributed by atoms with Crippen molar-refractivity contribution >= 4 is 45.2 Å². The van der Waals surface area contributed by atoms with Crippen LogP contribution in [0.1, 0.15) is 33.4 Å². The number of hydrogen-bond donors (Lipinski definition) is 0. The van der Waals surface area contributed by atoms with Crippen LogP contribution in [-0.2, 0) is 0 Å². The molecule has 3 nitrogen and oxygen atoms in total. The summed E-state index contributed by atoms with van der Waals surface area (Å²) in [6.45, 7) is 12.9. The number of nitrogens with zero attached hydrogens (tertiary/aromatic N) is 3. The molecule has 1 heterocycles. The fourth-order valence-electron chi connectivity index (χ4n) is 3.64. The smallest absolute Gasteiger partial charge is 0.247 e. The molecule has 0 saturated heterocycles. The summed E-state index contributed by atoms with van der Waals surface area (Å²) in [7, 11) is 0. The van der Waals surface area contributed by atoms with Gasteiger partial charge in [-0.15, -0.1) is 0 Å². The van der Waals surface area contributed by atoms with Crippen LogP contribution in [0.2, 0.25) is 0 Å². The van der Waals surface area contributed by atoms with Gasteiger partial charge in [0, 0.05) is 45.2 Å². The van der Waals surface area contributed by atoms with Crippen LogP contribution in [0.5, 0.6) is 0 Å². The van der Waals surface area contributed by atoms with Crippen LogP contribution >= 0.6 is 45.2 Å². The molecule has 0 N–H and O–H groups in total. The van der Waals surface area contributed by atoms with Crippen LogP contribution in [0.3, 0.4) is 0 Å². The molecule has 0 aliphatic carbocycles. The minimum Gasteiger partial charge on any atom is -1.00 e. The number of benzene rings is 2. The second kappa shape index (κ2) is 8.42. The average molecular weight is 685 g/mol. The molecule has 1 aromatic heterocycles. The van der Waals surface area contributed by atoms with Crippen LogP contribution in [0, 0.1) is 48.9 Å². The Balaban J connectivity index is 0.00000243.